The van der Waals surface area contributed by atoms with E-state index in [-0.39, 0.29) is 0 Å². The summed E-state index contributed by atoms with van der Waals surface area (Å²) in [6.07, 6.45) is 2.14. The van der Waals surface area contributed by atoms with Crippen LogP contribution in [0, 0.1) is 0 Å². The molecule has 0 spiro atoms. The monoisotopic (exact) mass is 465 g/mol. The average molecular weight is 466 g/mol. The highest BCUT2D eigenvalue weighted by Gasteiger charge is 2.21. The Balaban J connectivity index is 1.32. The number of nitrogens with zero attached hydrogens (tertiary/aromatic N) is 5. The van der Waals surface area contributed by atoms with Crippen LogP contribution in [0.25, 0.3) is 0 Å². The Morgan fingerprint density at radius 1 is 1.03 bits per heavy atom. The molecule has 5 rings (SSSR count). The molecule has 0 radical (unpaired) electrons. The Kier molecular flexibility index (Phi) is 7.68. The molecule has 8 nitrogen and oxygen atoms in total. The number of benzene rings is 1. The maximum Gasteiger partial charge on any atom is 0.318 e. The van der Waals surface area contributed by atoms with Crippen molar-refractivity contribution in [1.29, 1.82) is 0 Å². The largest absolute Gasteiger partial charge is 0.462 e. The number of hydrogen-bond acceptors (Lipinski definition) is 8. The summed E-state index contributed by atoms with van der Waals surface area (Å²) in [5.74, 6) is 1.47. The Labute approximate surface area is 202 Å². The molecule has 3 aliphatic rings. The van der Waals surface area contributed by atoms with Gasteiger partial charge in [0.25, 0.3) is 0 Å². The van der Waals surface area contributed by atoms with Gasteiger partial charge >= 0.3 is 6.01 Å². The van der Waals surface area contributed by atoms with Crippen molar-refractivity contribution < 1.29 is 14.2 Å². The predicted octanol–water partition coefficient (Wildman–Crippen LogP) is 2.91. The summed E-state index contributed by atoms with van der Waals surface area (Å²) >= 11 is 0. The van der Waals surface area contributed by atoms with Crippen molar-refractivity contribution in [2.75, 3.05) is 70.7 Å². The molecule has 3 heterocycles. The van der Waals surface area contributed by atoms with E-state index in [0.29, 0.717) is 38.3 Å². The zero-order valence-corrected chi connectivity index (χ0v) is 20.1. The number of aromatic nitrogens is 2. The molecule has 1 aromatic heterocycles. The minimum Gasteiger partial charge on any atom is -0.462 e. The number of ether oxygens (including phenoxy) is 3. The van der Waals surface area contributed by atoms with Crippen molar-refractivity contribution in [2.24, 2.45) is 4.99 Å². The molecule has 2 fully saturated rings. The number of aliphatic imine (C=N–C) groups is 1. The van der Waals surface area contributed by atoms with E-state index >= 15 is 0 Å². The lowest BCUT2D eigenvalue weighted by Crippen LogP contribution is -2.39. The van der Waals surface area contributed by atoms with Gasteiger partial charge < -0.3 is 19.1 Å². The maximum atomic E-state index is 6.03. The summed E-state index contributed by atoms with van der Waals surface area (Å²) in [7, 11) is 0. The molecule has 0 saturated carbocycles. The Morgan fingerprint density at radius 2 is 1.79 bits per heavy atom. The van der Waals surface area contributed by atoms with Crippen LogP contribution in [0.4, 0.5) is 5.82 Å². The van der Waals surface area contributed by atoms with Gasteiger partial charge in [0.2, 0.25) is 0 Å². The van der Waals surface area contributed by atoms with Crippen molar-refractivity contribution in [1.82, 2.24) is 14.9 Å². The van der Waals surface area contributed by atoms with Crippen LogP contribution in [0.1, 0.15) is 42.5 Å². The van der Waals surface area contributed by atoms with Gasteiger partial charge in [0.05, 0.1) is 38.7 Å². The molecular formula is C26H35N5O3. The fourth-order valence-electron chi connectivity index (χ4n) is 4.82. The SMILES string of the molecule is CC1CCC(=NCc2cc(N3CCOCC3)nc(OCCN3CCOCC3)n2)c2ccccc21. The molecule has 2 aliphatic heterocycles. The minimum atomic E-state index is 0.435. The standard InChI is InChI=1S/C26H35N5O3/c1-20-6-7-24(23-5-3-2-4-22(20)23)27-19-21-18-25(31-11-15-33-16-12-31)29-26(28-21)34-17-10-30-8-13-32-14-9-30/h2-5,18,20H,6-17,19H2,1H3. The van der Waals surface area contributed by atoms with E-state index in [2.05, 4.69) is 47.1 Å². The average Bonchev–Trinajstić information content (AvgIpc) is 2.90. The van der Waals surface area contributed by atoms with Crippen LogP contribution in [0.2, 0.25) is 0 Å². The Hall–Kier alpha value is -2.55. The maximum absolute atomic E-state index is 6.03. The van der Waals surface area contributed by atoms with Crippen molar-refractivity contribution in [3.8, 4) is 6.01 Å². The lowest BCUT2D eigenvalue weighted by atomic mass is 9.83. The minimum absolute atomic E-state index is 0.435. The van der Waals surface area contributed by atoms with Gasteiger partial charge in [0, 0.05) is 44.5 Å². The molecule has 2 saturated heterocycles. The van der Waals surface area contributed by atoms with E-state index in [1.165, 1.54) is 16.8 Å². The molecule has 0 bridgehead atoms. The highest BCUT2D eigenvalue weighted by molar-refractivity contribution is 6.03. The first kappa shape index (κ1) is 23.2. The van der Waals surface area contributed by atoms with E-state index in [0.717, 1.165) is 70.3 Å². The number of rotatable bonds is 7. The summed E-state index contributed by atoms with van der Waals surface area (Å²) in [5.41, 5.74) is 4.75. The van der Waals surface area contributed by atoms with Crippen LogP contribution in [-0.2, 0) is 16.0 Å². The quantitative estimate of drug-likeness (QED) is 0.623. The van der Waals surface area contributed by atoms with Crippen LogP contribution in [0.3, 0.4) is 0 Å². The number of morpholine rings is 2. The van der Waals surface area contributed by atoms with E-state index in [9.17, 15) is 0 Å². The van der Waals surface area contributed by atoms with Gasteiger partial charge in [-0.2, -0.15) is 9.97 Å². The van der Waals surface area contributed by atoms with Gasteiger partial charge in [-0.1, -0.05) is 31.2 Å². The lowest BCUT2D eigenvalue weighted by molar-refractivity contribution is 0.0317. The molecule has 1 unspecified atom stereocenters. The number of fused-ring (bicyclic) bond motifs is 1. The van der Waals surface area contributed by atoms with Gasteiger partial charge in [-0.05, 0) is 29.9 Å². The van der Waals surface area contributed by atoms with Crippen LogP contribution in [-0.4, -0.2) is 86.3 Å². The second-order valence-corrected chi connectivity index (χ2v) is 9.19. The second-order valence-electron chi connectivity index (χ2n) is 9.19. The van der Waals surface area contributed by atoms with Crippen molar-refractivity contribution >= 4 is 11.5 Å². The molecule has 182 valence electrons. The fourth-order valence-corrected chi connectivity index (χ4v) is 4.82. The predicted molar refractivity (Wildman–Crippen MR) is 132 cm³/mol. The summed E-state index contributed by atoms with van der Waals surface area (Å²) in [6, 6.07) is 11.2. The highest BCUT2D eigenvalue weighted by atomic mass is 16.5. The summed E-state index contributed by atoms with van der Waals surface area (Å²) in [4.78, 5) is 19.1. The topological polar surface area (TPSA) is 72.3 Å². The molecule has 1 atom stereocenters. The first-order valence-corrected chi connectivity index (χ1v) is 12.5. The number of hydrogen-bond donors (Lipinski definition) is 0. The third-order valence-corrected chi connectivity index (χ3v) is 6.87. The van der Waals surface area contributed by atoms with E-state index < -0.39 is 0 Å². The third-order valence-electron chi connectivity index (χ3n) is 6.87. The van der Waals surface area contributed by atoms with Crippen LogP contribution >= 0.6 is 0 Å². The Morgan fingerprint density at radius 3 is 2.62 bits per heavy atom. The van der Waals surface area contributed by atoms with Crippen LogP contribution < -0.4 is 9.64 Å². The van der Waals surface area contributed by atoms with Gasteiger partial charge in [-0.25, -0.2) is 0 Å². The first-order valence-electron chi connectivity index (χ1n) is 12.5. The van der Waals surface area contributed by atoms with Crippen molar-refractivity contribution in [3.05, 3.63) is 47.2 Å². The Bertz CT molecular complexity index is 986. The summed E-state index contributed by atoms with van der Waals surface area (Å²) in [6.45, 7) is 10.8. The van der Waals surface area contributed by atoms with Gasteiger partial charge in [0.15, 0.2) is 0 Å². The zero-order chi connectivity index (χ0) is 23.2. The van der Waals surface area contributed by atoms with Crippen molar-refractivity contribution in [3.63, 3.8) is 0 Å². The molecule has 2 aromatic rings. The summed E-state index contributed by atoms with van der Waals surface area (Å²) < 4.78 is 17.0. The first-order chi connectivity index (χ1) is 16.8. The molecule has 8 heteroatoms. The third kappa shape index (κ3) is 5.74. The van der Waals surface area contributed by atoms with Crippen molar-refractivity contribution in [2.45, 2.75) is 32.2 Å². The molecule has 34 heavy (non-hydrogen) atoms. The molecule has 1 aliphatic carbocycles. The molecule has 0 N–H and O–H groups in total. The lowest BCUT2D eigenvalue weighted by Gasteiger charge is -2.28. The van der Waals surface area contributed by atoms with Gasteiger partial charge in [-0.3, -0.25) is 9.89 Å². The van der Waals surface area contributed by atoms with Gasteiger partial charge in [0.1, 0.15) is 12.4 Å². The molecule has 0 amide bonds. The zero-order valence-electron chi connectivity index (χ0n) is 20.1. The molecule has 1 aromatic carbocycles. The van der Waals surface area contributed by atoms with E-state index in [4.69, 9.17) is 29.2 Å². The van der Waals surface area contributed by atoms with Crippen LogP contribution in [0.5, 0.6) is 6.01 Å². The van der Waals surface area contributed by atoms with Gasteiger partial charge in [-0.15, -0.1) is 0 Å². The van der Waals surface area contributed by atoms with Crippen LogP contribution in [0.15, 0.2) is 35.3 Å². The molecular weight excluding hydrogens is 430 g/mol. The second kappa shape index (κ2) is 11.3. The normalized spacial score (nSPS) is 22.6. The summed E-state index contributed by atoms with van der Waals surface area (Å²) in [5, 5.41) is 0. The number of anilines is 1. The fraction of sp³-hybridized carbons (Fsp3) is 0.577. The smallest absolute Gasteiger partial charge is 0.318 e. The van der Waals surface area contributed by atoms with E-state index in [1.54, 1.807) is 0 Å². The van der Waals surface area contributed by atoms with E-state index in [1.807, 2.05) is 0 Å². The highest BCUT2D eigenvalue weighted by Crippen LogP contribution is 2.31.